The number of amides is 1. The first-order valence-electron chi connectivity index (χ1n) is 15.9. The molecule has 2 heterocycles. The van der Waals surface area contributed by atoms with Gasteiger partial charge in [0.05, 0.1) is 11.3 Å². The van der Waals surface area contributed by atoms with Crippen molar-refractivity contribution in [2.45, 2.75) is 58.3 Å². The molecule has 6 heteroatoms. The van der Waals surface area contributed by atoms with Crippen LogP contribution in [0.25, 0.3) is 28.0 Å². The van der Waals surface area contributed by atoms with Crippen molar-refractivity contribution in [3.63, 3.8) is 0 Å². The van der Waals surface area contributed by atoms with Gasteiger partial charge in [-0.05, 0) is 94.8 Å². The Morgan fingerprint density at radius 3 is 2.41 bits per heavy atom. The zero-order valence-electron chi connectivity index (χ0n) is 25.3. The zero-order chi connectivity index (χ0) is 30.5. The number of hydrogen-bond acceptors (Lipinski definition) is 4. The number of aryl methyl sites for hydroxylation is 1. The number of hydrazone groups is 1. The minimum absolute atomic E-state index is 0.0666. The van der Waals surface area contributed by atoms with E-state index in [2.05, 4.69) is 53.3 Å². The number of anilines is 2. The molecule has 0 unspecified atom stereocenters. The number of rotatable bonds is 11. The molecule has 224 valence electrons. The van der Waals surface area contributed by atoms with E-state index >= 15 is 0 Å². The Balaban J connectivity index is 1.20. The first kappa shape index (κ1) is 29.4. The Morgan fingerprint density at radius 2 is 1.59 bits per heavy atom. The molecular formula is C38H39N3O3. The molecule has 0 saturated carbocycles. The van der Waals surface area contributed by atoms with E-state index in [1.165, 1.54) is 67.3 Å². The maximum absolute atomic E-state index is 13.2. The van der Waals surface area contributed by atoms with E-state index in [1.54, 1.807) is 30.3 Å². The molecule has 0 spiro atoms. The lowest BCUT2D eigenvalue weighted by molar-refractivity contribution is -0.129. The lowest BCUT2D eigenvalue weighted by Gasteiger charge is -2.32. The van der Waals surface area contributed by atoms with E-state index in [1.807, 2.05) is 24.3 Å². The number of unbranched alkanes of at least 4 members (excludes halogenated alkanes) is 5. The summed E-state index contributed by atoms with van der Waals surface area (Å²) in [6, 6.07) is 28.1. The number of carbonyl (C=O) groups is 2. The highest BCUT2D eigenvalue weighted by molar-refractivity contribution is 6.53. The van der Waals surface area contributed by atoms with Gasteiger partial charge in [0.1, 0.15) is 0 Å². The molecule has 4 aromatic carbocycles. The van der Waals surface area contributed by atoms with Crippen LogP contribution in [0, 0.1) is 0 Å². The molecule has 0 atom stereocenters. The molecule has 44 heavy (non-hydrogen) atoms. The van der Waals surface area contributed by atoms with Crippen molar-refractivity contribution in [1.82, 2.24) is 0 Å². The van der Waals surface area contributed by atoms with Gasteiger partial charge in [-0.2, -0.15) is 10.1 Å². The van der Waals surface area contributed by atoms with Crippen LogP contribution in [0.3, 0.4) is 0 Å². The number of nitrogens with zero attached hydrogens (tertiary/aromatic N) is 3. The molecule has 0 bridgehead atoms. The zero-order valence-corrected chi connectivity index (χ0v) is 25.3. The summed E-state index contributed by atoms with van der Waals surface area (Å²) in [4.78, 5) is 27.7. The SMILES string of the molecule is CCCCCCCCN1CCCc2cc(-c3ccc4cc(C=C5C(=O)N(c6ccccc6)N=C5C(=O)O)ccc4c3)ccc21. The second-order valence-corrected chi connectivity index (χ2v) is 11.8. The Morgan fingerprint density at radius 1 is 0.864 bits per heavy atom. The summed E-state index contributed by atoms with van der Waals surface area (Å²) in [7, 11) is 0. The van der Waals surface area contributed by atoms with E-state index in [9.17, 15) is 14.7 Å². The molecule has 2 aliphatic rings. The average molecular weight is 586 g/mol. The molecule has 4 aromatic rings. The molecule has 0 aliphatic carbocycles. The fourth-order valence-corrected chi connectivity index (χ4v) is 6.32. The van der Waals surface area contributed by atoms with E-state index in [-0.39, 0.29) is 11.3 Å². The quantitative estimate of drug-likeness (QED) is 0.142. The smallest absolute Gasteiger partial charge is 0.357 e. The lowest BCUT2D eigenvalue weighted by atomic mass is 9.94. The summed E-state index contributed by atoms with van der Waals surface area (Å²) >= 11 is 0. The number of fused-ring (bicyclic) bond motifs is 2. The largest absolute Gasteiger partial charge is 0.476 e. The van der Waals surface area contributed by atoms with Gasteiger partial charge in [-0.1, -0.05) is 87.6 Å². The van der Waals surface area contributed by atoms with Crippen molar-refractivity contribution >= 4 is 45.8 Å². The van der Waals surface area contributed by atoms with Crippen LogP contribution in [0.4, 0.5) is 11.4 Å². The number of carboxylic acid groups (broad SMARTS) is 1. The van der Waals surface area contributed by atoms with Gasteiger partial charge in [-0.25, -0.2) is 4.79 Å². The summed E-state index contributed by atoms with van der Waals surface area (Å²) in [6.07, 6.45) is 11.8. The van der Waals surface area contributed by atoms with Crippen molar-refractivity contribution in [3.8, 4) is 11.1 Å². The normalized spacial score (nSPS) is 15.6. The minimum atomic E-state index is -1.23. The highest BCUT2D eigenvalue weighted by Crippen LogP contribution is 2.34. The Kier molecular flexibility index (Phi) is 8.87. The van der Waals surface area contributed by atoms with Gasteiger partial charge < -0.3 is 10.0 Å². The molecule has 0 fully saturated rings. The number of carbonyl (C=O) groups excluding carboxylic acids is 1. The number of hydrogen-bond donors (Lipinski definition) is 1. The average Bonchev–Trinajstić information content (AvgIpc) is 3.38. The fraction of sp³-hybridized carbons (Fsp3) is 0.289. The Hall–Kier alpha value is -4.71. The summed E-state index contributed by atoms with van der Waals surface area (Å²) in [5.41, 5.74) is 6.30. The van der Waals surface area contributed by atoms with Crippen molar-refractivity contribution < 1.29 is 14.7 Å². The van der Waals surface area contributed by atoms with Gasteiger partial charge in [0.25, 0.3) is 5.91 Å². The third-order valence-corrected chi connectivity index (χ3v) is 8.67. The number of aliphatic carboxylic acids is 1. The predicted octanol–water partition coefficient (Wildman–Crippen LogP) is 8.49. The van der Waals surface area contributed by atoms with Gasteiger partial charge >= 0.3 is 5.97 Å². The van der Waals surface area contributed by atoms with Crippen LogP contribution in [0.5, 0.6) is 0 Å². The monoisotopic (exact) mass is 585 g/mol. The maximum Gasteiger partial charge on any atom is 0.357 e. The summed E-state index contributed by atoms with van der Waals surface area (Å²) in [5, 5.41) is 17.1. The van der Waals surface area contributed by atoms with Crippen LogP contribution in [-0.2, 0) is 16.0 Å². The molecular weight excluding hydrogens is 546 g/mol. The van der Waals surface area contributed by atoms with Gasteiger partial charge in [-0.3, -0.25) is 4.79 Å². The van der Waals surface area contributed by atoms with Crippen molar-refractivity contribution in [2.75, 3.05) is 23.0 Å². The number of para-hydroxylation sites is 1. The van der Waals surface area contributed by atoms with Crippen molar-refractivity contribution in [2.24, 2.45) is 5.10 Å². The molecule has 2 aliphatic heterocycles. The second-order valence-electron chi connectivity index (χ2n) is 11.8. The second kappa shape index (κ2) is 13.3. The van der Waals surface area contributed by atoms with Crippen LogP contribution in [0.2, 0.25) is 0 Å². The lowest BCUT2D eigenvalue weighted by Crippen LogP contribution is -2.30. The summed E-state index contributed by atoms with van der Waals surface area (Å²) < 4.78 is 0. The van der Waals surface area contributed by atoms with Crippen LogP contribution in [0.1, 0.15) is 63.0 Å². The summed E-state index contributed by atoms with van der Waals surface area (Å²) in [6.45, 7) is 4.55. The molecule has 0 saturated heterocycles. The predicted molar refractivity (Wildman–Crippen MR) is 180 cm³/mol. The third kappa shape index (κ3) is 6.30. The highest BCUT2D eigenvalue weighted by Gasteiger charge is 2.35. The Bertz CT molecular complexity index is 1740. The standard InChI is InChI=1S/C38H39N3O3/c1-2-3-4-5-6-10-21-40-22-11-12-32-26-31(19-20-35(32)40)30-18-17-28-23-27(15-16-29(28)25-30)24-34-36(38(43)44)39-41(37(34)42)33-13-8-7-9-14-33/h7-9,13-20,23-26H,2-6,10-12,21-22H2,1H3,(H,43,44). The van der Waals surface area contributed by atoms with Crippen LogP contribution in [-0.4, -0.2) is 35.8 Å². The third-order valence-electron chi connectivity index (χ3n) is 8.67. The van der Waals surface area contributed by atoms with E-state index in [4.69, 9.17) is 0 Å². The van der Waals surface area contributed by atoms with Crippen molar-refractivity contribution in [1.29, 1.82) is 0 Å². The molecule has 1 amide bonds. The number of benzene rings is 4. The molecule has 1 N–H and O–H groups in total. The minimum Gasteiger partial charge on any atom is -0.476 e. The van der Waals surface area contributed by atoms with E-state index in [0.717, 1.165) is 40.9 Å². The topological polar surface area (TPSA) is 73.2 Å². The van der Waals surface area contributed by atoms with E-state index < -0.39 is 11.9 Å². The molecule has 6 nitrogen and oxygen atoms in total. The van der Waals surface area contributed by atoms with Crippen LogP contribution in [0.15, 0.2) is 95.6 Å². The summed E-state index contributed by atoms with van der Waals surface area (Å²) in [5.74, 6) is -1.69. The highest BCUT2D eigenvalue weighted by atomic mass is 16.4. The molecule has 0 aromatic heterocycles. The Labute approximate surface area is 259 Å². The molecule has 6 rings (SSSR count). The van der Waals surface area contributed by atoms with E-state index in [0.29, 0.717) is 5.69 Å². The van der Waals surface area contributed by atoms with Gasteiger partial charge in [0.2, 0.25) is 0 Å². The maximum atomic E-state index is 13.2. The fourth-order valence-electron chi connectivity index (χ4n) is 6.32. The van der Waals surface area contributed by atoms with Crippen LogP contribution < -0.4 is 9.91 Å². The number of carboxylic acids is 1. The van der Waals surface area contributed by atoms with Crippen molar-refractivity contribution in [3.05, 3.63) is 102 Å². The first-order valence-corrected chi connectivity index (χ1v) is 15.9. The molecule has 0 radical (unpaired) electrons. The first-order chi connectivity index (χ1) is 21.5. The van der Waals surface area contributed by atoms with Gasteiger partial charge in [0, 0.05) is 18.8 Å². The van der Waals surface area contributed by atoms with Gasteiger partial charge in [0.15, 0.2) is 5.71 Å². The van der Waals surface area contributed by atoms with Gasteiger partial charge in [-0.15, -0.1) is 0 Å². The van der Waals surface area contributed by atoms with Crippen LogP contribution >= 0.6 is 0 Å².